The van der Waals surface area contributed by atoms with Gasteiger partial charge in [-0.25, -0.2) is 8.78 Å². The Morgan fingerprint density at radius 2 is 1.70 bits per heavy atom. The van der Waals surface area contributed by atoms with Gasteiger partial charge in [0.1, 0.15) is 17.9 Å². The number of amides is 3. The van der Waals surface area contributed by atoms with Crippen LogP contribution in [0.3, 0.4) is 0 Å². The summed E-state index contributed by atoms with van der Waals surface area (Å²) in [5.74, 6) is -1.69. The Balaban J connectivity index is 1.08. The van der Waals surface area contributed by atoms with Crippen molar-refractivity contribution in [2.75, 3.05) is 13.1 Å². The van der Waals surface area contributed by atoms with Gasteiger partial charge < -0.3 is 9.64 Å². The van der Waals surface area contributed by atoms with E-state index in [9.17, 15) is 23.2 Å². The number of imide groups is 1. The number of piperidine rings is 1. The molecule has 0 bridgehead atoms. The van der Waals surface area contributed by atoms with Crippen molar-refractivity contribution in [2.24, 2.45) is 11.8 Å². The molecule has 1 aromatic carbocycles. The van der Waals surface area contributed by atoms with Gasteiger partial charge in [-0.05, 0) is 74.1 Å². The summed E-state index contributed by atoms with van der Waals surface area (Å²) in [5.41, 5.74) is 1.43. The van der Waals surface area contributed by atoms with Crippen molar-refractivity contribution in [3.8, 4) is 5.75 Å². The van der Waals surface area contributed by atoms with Crippen molar-refractivity contribution >= 4 is 17.7 Å². The first-order valence-electron chi connectivity index (χ1n) is 13.8. The molecule has 5 aliphatic rings. The van der Waals surface area contributed by atoms with Gasteiger partial charge in [-0.3, -0.25) is 24.6 Å². The smallest absolute Gasteiger partial charge is 0.255 e. The molecule has 3 atom stereocenters. The third kappa shape index (κ3) is 4.87. The van der Waals surface area contributed by atoms with Gasteiger partial charge in [0.15, 0.2) is 0 Å². The van der Waals surface area contributed by atoms with Crippen molar-refractivity contribution in [2.45, 2.75) is 94.9 Å². The molecule has 3 heterocycles. The second-order valence-electron chi connectivity index (χ2n) is 11.6. The van der Waals surface area contributed by atoms with Crippen molar-refractivity contribution < 1.29 is 27.9 Å². The fourth-order valence-electron chi connectivity index (χ4n) is 7.08. The van der Waals surface area contributed by atoms with Gasteiger partial charge >= 0.3 is 0 Å². The first-order valence-corrected chi connectivity index (χ1v) is 13.8. The van der Waals surface area contributed by atoms with Gasteiger partial charge in [0.05, 0.1) is 0 Å². The van der Waals surface area contributed by atoms with Crippen LogP contribution < -0.4 is 10.1 Å². The zero-order valence-electron chi connectivity index (χ0n) is 21.1. The maximum atomic E-state index is 13.6. The lowest BCUT2D eigenvalue weighted by Gasteiger charge is -2.51. The third-order valence-electron chi connectivity index (χ3n) is 9.29. The first kappa shape index (κ1) is 24.8. The Bertz CT molecular complexity index is 1080. The van der Waals surface area contributed by atoms with E-state index in [1.807, 2.05) is 12.1 Å². The lowest BCUT2D eigenvalue weighted by atomic mass is 9.74. The minimum atomic E-state index is -2.47. The predicted molar refractivity (Wildman–Crippen MR) is 131 cm³/mol. The molecule has 1 N–H and O–H groups in total. The van der Waals surface area contributed by atoms with E-state index in [1.54, 1.807) is 11.0 Å². The first-order chi connectivity index (χ1) is 17.8. The molecule has 2 saturated carbocycles. The Hall–Kier alpha value is -2.55. The number of hydrogen-bond donors (Lipinski definition) is 1. The lowest BCUT2D eigenvalue weighted by molar-refractivity contribution is -0.136. The normalized spacial score (nSPS) is 31.1. The van der Waals surface area contributed by atoms with Crippen LogP contribution in [0.1, 0.15) is 80.1 Å². The molecule has 1 aromatic rings. The summed E-state index contributed by atoms with van der Waals surface area (Å²) in [6.07, 6.45) is 6.31. The minimum Gasteiger partial charge on any atom is -0.489 e. The highest BCUT2D eigenvalue weighted by molar-refractivity contribution is 6.05. The van der Waals surface area contributed by atoms with Crippen LogP contribution in [-0.4, -0.2) is 64.7 Å². The van der Waals surface area contributed by atoms with Crippen LogP contribution in [0.25, 0.3) is 0 Å². The molecule has 1 unspecified atom stereocenters. The Labute approximate surface area is 215 Å². The molecule has 3 aliphatic heterocycles. The molecular formula is C28H35F2N3O4. The van der Waals surface area contributed by atoms with E-state index in [0.717, 1.165) is 43.7 Å². The van der Waals surface area contributed by atoms with Gasteiger partial charge in [-0.1, -0.05) is 6.42 Å². The van der Waals surface area contributed by atoms with Crippen LogP contribution >= 0.6 is 0 Å². The summed E-state index contributed by atoms with van der Waals surface area (Å²) in [4.78, 5) is 40.8. The van der Waals surface area contributed by atoms with E-state index in [0.29, 0.717) is 49.2 Å². The van der Waals surface area contributed by atoms with Gasteiger partial charge in [-0.15, -0.1) is 0 Å². The second kappa shape index (κ2) is 9.64. The highest BCUT2D eigenvalue weighted by atomic mass is 19.3. The molecule has 7 nitrogen and oxygen atoms in total. The van der Waals surface area contributed by atoms with E-state index < -0.39 is 17.9 Å². The van der Waals surface area contributed by atoms with Crippen LogP contribution in [0.2, 0.25) is 0 Å². The number of hydrogen-bond acceptors (Lipinski definition) is 5. The van der Waals surface area contributed by atoms with Gasteiger partial charge in [-0.2, -0.15) is 0 Å². The summed E-state index contributed by atoms with van der Waals surface area (Å²) in [6.45, 7) is 2.28. The number of likely N-dealkylation sites (tertiary alicyclic amines) is 1. The highest BCUT2D eigenvalue weighted by Gasteiger charge is 2.45. The van der Waals surface area contributed by atoms with Crippen LogP contribution in [0.5, 0.6) is 5.75 Å². The number of ether oxygens (including phenoxy) is 1. The largest absolute Gasteiger partial charge is 0.489 e. The maximum absolute atomic E-state index is 13.6. The molecule has 0 aromatic heterocycles. The summed E-state index contributed by atoms with van der Waals surface area (Å²) in [5, 5.41) is 2.34. The summed E-state index contributed by atoms with van der Waals surface area (Å²) in [6, 6.07) is 5.25. The fourth-order valence-corrected chi connectivity index (χ4v) is 7.08. The Morgan fingerprint density at radius 3 is 2.46 bits per heavy atom. The summed E-state index contributed by atoms with van der Waals surface area (Å²) < 4.78 is 33.6. The van der Waals surface area contributed by atoms with E-state index >= 15 is 0 Å². The lowest BCUT2D eigenvalue weighted by Crippen LogP contribution is -2.59. The molecule has 9 heteroatoms. The molecule has 200 valence electrons. The zero-order valence-corrected chi connectivity index (χ0v) is 21.1. The number of nitrogens with zero attached hydrogens (tertiary/aromatic N) is 2. The molecule has 2 saturated heterocycles. The molecular weight excluding hydrogens is 480 g/mol. The number of fused-ring (bicyclic) bond motifs is 1. The summed E-state index contributed by atoms with van der Waals surface area (Å²) >= 11 is 0. The van der Waals surface area contributed by atoms with Crippen LogP contribution in [-0.2, 0) is 16.1 Å². The van der Waals surface area contributed by atoms with Gasteiger partial charge in [0, 0.05) is 50.5 Å². The van der Waals surface area contributed by atoms with Crippen molar-refractivity contribution in [1.29, 1.82) is 0 Å². The number of benzene rings is 1. The number of carbonyl (C=O) groups excluding carboxylic acids is 3. The van der Waals surface area contributed by atoms with Gasteiger partial charge in [0.25, 0.3) is 5.91 Å². The number of carbonyl (C=O) groups is 3. The van der Waals surface area contributed by atoms with Crippen molar-refractivity contribution in [3.05, 3.63) is 29.3 Å². The average Bonchev–Trinajstić information content (AvgIpc) is 3.15. The fraction of sp³-hybridized carbons (Fsp3) is 0.679. The quantitative estimate of drug-likeness (QED) is 0.602. The van der Waals surface area contributed by atoms with Crippen LogP contribution in [0, 0.1) is 11.8 Å². The molecule has 6 rings (SSSR count). The average molecular weight is 516 g/mol. The van der Waals surface area contributed by atoms with Crippen LogP contribution in [0.15, 0.2) is 18.2 Å². The second-order valence-corrected chi connectivity index (χ2v) is 11.6. The molecule has 0 spiro atoms. The maximum Gasteiger partial charge on any atom is 0.255 e. The standard InChI is InChI=1S/C28H35F2N3O4/c29-28(30)11-9-17(10-12-28)19-14-32(15-19)22-3-1-2-4-24(22)37-20-5-6-21-18(13-20)16-33(27(21)36)23-7-8-25(34)31-26(23)35/h5-6,13,17,19,22-24H,1-4,7-12,14-16H2,(H,31,34,35)/t22-,23?,24+/m0/s1. The van der Waals surface area contributed by atoms with E-state index in [4.69, 9.17) is 4.74 Å². The molecule has 3 amide bonds. The third-order valence-corrected chi connectivity index (χ3v) is 9.29. The number of rotatable bonds is 5. The number of halogens is 2. The molecule has 37 heavy (non-hydrogen) atoms. The predicted octanol–water partition coefficient (Wildman–Crippen LogP) is 3.89. The van der Waals surface area contributed by atoms with E-state index in [-0.39, 0.29) is 37.2 Å². The van der Waals surface area contributed by atoms with E-state index in [1.165, 1.54) is 6.42 Å². The minimum absolute atomic E-state index is 0.0329. The summed E-state index contributed by atoms with van der Waals surface area (Å²) in [7, 11) is 0. The highest BCUT2D eigenvalue weighted by Crippen LogP contribution is 2.43. The Kier molecular flexibility index (Phi) is 6.45. The zero-order chi connectivity index (χ0) is 25.7. The van der Waals surface area contributed by atoms with Gasteiger partial charge in [0.2, 0.25) is 17.7 Å². The monoisotopic (exact) mass is 515 g/mol. The number of alkyl halides is 2. The molecule has 4 fully saturated rings. The molecule has 0 radical (unpaired) electrons. The van der Waals surface area contributed by atoms with Crippen molar-refractivity contribution in [3.63, 3.8) is 0 Å². The molecule has 2 aliphatic carbocycles. The van der Waals surface area contributed by atoms with E-state index in [2.05, 4.69) is 10.2 Å². The topological polar surface area (TPSA) is 79.0 Å². The van der Waals surface area contributed by atoms with Crippen molar-refractivity contribution in [1.82, 2.24) is 15.1 Å². The van der Waals surface area contributed by atoms with Crippen LogP contribution in [0.4, 0.5) is 8.78 Å². The Morgan fingerprint density at radius 1 is 0.946 bits per heavy atom. The SMILES string of the molecule is O=C1CCC(N2Cc3cc(O[C@@H]4CCCC[C@@H]4N4CC(C5CCC(F)(F)CC5)C4)ccc3C2=O)C(=O)N1. The number of nitrogens with one attached hydrogen (secondary N) is 1.